The van der Waals surface area contributed by atoms with E-state index in [1.54, 1.807) is 0 Å². The van der Waals surface area contributed by atoms with Crippen molar-refractivity contribution in [2.75, 3.05) is 19.0 Å². The number of ether oxygens (including phenoxy) is 4. The molecule has 1 aliphatic rings. The molecule has 6 unspecified atom stereocenters. The summed E-state index contributed by atoms with van der Waals surface area (Å²) in [4.78, 5) is 25.3. The van der Waals surface area contributed by atoms with E-state index >= 15 is 0 Å². The van der Waals surface area contributed by atoms with Crippen LogP contribution >= 0.6 is 0 Å². The van der Waals surface area contributed by atoms with Gasteiger partial charge in [0.1, 0.15) is 36.8 Å². The number of allylic oxidation sites excluding steroid dienone is 12. The molecule has 0 saturated carbocycles. The van der Waals surface area contributed by atoms with Crippen molar-refractivity contribution in [2.45, 2.75) is 173 Å². The minimum Gasteiger partial charge on any atom is -0.462 e. The van der Waals surface area contributed by atoms with Crippen molar-refractivity contribution in [3.63, 3.8) is 0 Å². The van der Waals surface area contributed by atoms with Crippen LogP contribution in [-0.4, -0.2) is 96.0 Å². The zero-order chi connectivity index (χ0) is 42.0. The average molecular weight is 825 g/mol. The van der Waals surface area contributed by atoms with E-state index in [-0.39, 0.29) is 19.4 Å². The highest BCUT2D eigenvalue weighted by molar-refractivity contribution is 7.85. The normalized spacial score (nSPS) is 21.3. The van der Waals surface area contributed by atoms with E-state index in [0.717, 1.165) is 96.3 Å². The number of carbonyl (C=O) groups excluding carboxylic acids is 2. The van der Waals surface area contributed by atoms with Gasteiger partial charge in [-0.2, -0.15) is 8.42 Å². The number of esters is 2. The van der Waals surface area contributed by atoms with Crippen molar-refractivity contribution < 1.29 is 56.8 Å². The molecule has 1 heterocycles. The van der Waals surface area contributed by atoms with E-state index in [9.17, 15) is 37.9 Å². The first kappa shape index (κ1) is 52.1. The van der Waals surface area contributed by atoms with Crippen molar-refractivity contribution in [1.82, 2.24) is 0 Å². The summed E-state index contributed by atoms with van der Waals surface area (Å²) in [5.74, 6) is -2.05. The van der Waals surface area contributed by atoms with Gasteiger partial charge in [0.15, 0.2) is 12.4 Å². The van der Waals surface area contributed by atoms with Crippen molar-refractivity contribution in [1.29, 1.82) is 0 Å². The summed E-state index contributed by atoms with van der Waals surface area (Å²) in [6, 6.07) is 0. The molecule has 0 aliphatic carbocycles. The zero-order valence-electron chi connectivity index (χ0n) is 34.4. The van der Waals surface area contributed by atoms with Gasteiger partial charge in [0, 0.05) is 12.8 Å². The fourth-order valence-electron chi connectivity index (χ4n) is 5.76. The van der Waals surface area contributed by atoms with Crippen molar-refractivity contribution in [2.24, 2.45) is 0 Å². The summed E-state index contributed by atoms with van der Waals surface area (Å²) in [7, 11) is -4.61. The number of rotatable bonds is 33. The second-order valence-electron chi connectivity index (χ2n) is 14.3. The molecule has 1 rings (SSSR count). The predicted molar refractivity (Wildman–Crippen MR) is 224 cm³/mol. The fraction of sp³-hybridized carbons (Fsp3) is 0.682. The van der Waals surface area contributed by atoms with Crippen molar-refractivity contribution in [3.8, 4) is 0 Å². The van der Waals surface area contributed by atoms with Crippen molar-refractivity contribution >= 4 is 22.1 Å². The molecule has 0 spiro atoms. The maximum Gasteiger partial charge on any atom is 0.306 e. The molecule has 0 bridgehead atoms. The second kappa shape index (κ2) is 34.0. The lowest BCUT2D eigenvalue weighted by atomic mass is 10.00. The van der Waals surface area contributed by atoms with Gasteiger partial charge in [-0.15, -0.1) is 0 Å². The lowest BCUT2D eigenvalue weighted by Gasteiger charge is -2.40. The Bertz CT molecular complexity index is 1340. The third-order valence-corrected chi connectivity index (χ3v) is 9.75. The molecule has 1 aliphatic heterocycles. The average Bonchev–Trinajstić information content (AvgIpc) is 3.17. The van der Waals surface area contributed by atoms with Crippen LogP contribution in [0.3, 0.4) is 0 Å². The molecule has 57 heavy (non-hydrogen) atoms. The quantitative estimate of drug-likeness (QED) is 0.0217. The third kappa shape index (κ3) is 29.0. The van der Waals surface area contributed by atoms with E-state index in [1.807, 2.05) is 0 Å². The van der Waals surface area contributed by atoms with Gasteiger partial charge in [-0.25, -0.2) is 0 Å². The summed E-state index contributed by atoms with van der Waals surface area (Å²) in [6.07, 6.45) is 32.5. The first-order chi connectivity index (χ1) is 27.5. The van der Waals surface area contributed by atoms with E-state index in [2.05, 4.69) is 86.8 Å². The summed E-state index contributed by atoms with van der Waals surface area (Å²) in [5, 5.41) is 30.8. The second-order valence-corrected chi connectivity index (χ2v) is 15.8. The number of carbonyl (C=O) groups is 2. The Balaban J connectivity index is 2.51. The van der Waals surface area contributed by atoms with E-state index in [1.165, 1.54) is 0 Å². The van der Waals surface area contributed by atoms with Crippen molar-refractivity contribution in [3.05, 3.63) is 72.9 Å². The Morgan fingerprint density at radius 3 is 1.68 bits per heavy atom. The van der Waals surface area contributed by atoms with Crippen LogP contribution in [0.15, 0.2) is 72.9 Å². The van der Waals surface area contributed by atoms with Gasteiger partial charge >= 0.3 is 11.9 Å². The Hall–Kier alpha value is -2.91. The number of unbranched alkanes of at least 4 members (excludes halogenated alkanes) is 9. The monoisotopic (exact) mass is 824 g/mol. The van der Waals surface area contributed by atoms with E-state index in [4.69, 9.17) is 18.9 Å². The summed E-state index contributed by atoms with van der Waals surface area (Å²) in [5.41, 5.74) is 0. The summed E-state index contributed by atoms with van der Waals surface area (Å²) < 4.78 is 53.9. The molecule has 0 aromatic carbocycles. The zero-order valence-corrected chi connectivity index (χ0v) is 35.2. The molecule has 0 radical (unpaired) electrons. The van der Waals surface area contributed by atoms with Crippen LogP contribution in [0.25, 0.3) is 0 Å². The molecule has 0 aromatic rings. The van der Waals surface area contributed by atoms with Gasteiger partial charge in [-0.1, -0.05) is 119 Å². The van der Waals surface area contributed by atoms with Crippen LogP contribution in [0.1, 0.15) is 136 Å². The van der Waals surface area contributed by atoms with Gasteiger partial charge in [0.05, 0.1) is 6.61 Å². The minimum atomic E-state index is -4.61. The first-order valence-electron chi connectivity index (χ1n) is 21.0. The lowest BCUT2D eigenvalue weighted by molar-refractivity contribution is -0.297. The minimum absolute atomic E-state index is 0.119. The molecule has 1 saturated heterocycles. The number of aliphatic hydroxyl groups excluding tert-OH is 3. The maximum atomic E-state index is 12.8. The standard InChI is InChI=1S/C44H72O12S/c1-3-5-7-9-11-13-15-16-17-18-19-20-21-22-23-25-27-29-31-33-40(46)55-37(34-53-39(45)32-30-28-26-24-14-12-10-8-6-4-2)35-54-44-43(49)42(48)41(47)38(56-44)36-57(50,51)52/h5,7-8,10-11,13,16-17,19-20,22-23,37-38,41-44,47-49H,3-4,6,9,12,14-15,18,21,24-36H2,1-2H3,(H,50,51,52)/b7-5-,10-8-,13-11-,17-16-,20-19-,23-22-. The molecular formula is C44H72O12S. The maximum absolute atomic E-state index is 12.8. The summed E-state index contributed by atoms with van der Waals surface area (Å²) in [6.45, 7) is 3.52. The van der Waals surface area contributed by atoms with Crippen LogP contribution in [0.5, 0.6) is 0 Å². The van der Waals surface area contributed by atoms with Crippen LogP contribution in [0, 0.1) is 0 Å². The molecule has 326 valence electrons. The largest absolute Gasteiger partial charge is 0.462 e. The Morgan fingerprint density at radius 2 is 1.11 bits per heavy atom. The molecule has 13 heteroatoms. The van der Waals surface area contributed by atoms with Crippen LogP contribution in [0.4, 0.5) is 0 Å². The molecule has 6 atom stereocenters. The van der Waals surface area contributed by atoms with Crippen LogP contribution < -0.4 is 0 Å². The van der Waals surface area contributed by atoms with Gasteiger partial charge in [0.2, 0.25) is 0 Å². The molecule has 12 nitrogen and oxygen atoms in total. The lowest BCUT2D eigenvalue weighted by Crippen LogP contribution is -2.60. The molecular weight excluding hydrogens is 753 g/mol. The molecule has 4 N–H and O–H groups in total. The Labute approximate surface area is 342 Å². The topological polar surface area (TPSA) is 186 Å². The van der Waals surface area contributed by atoms with Gasteiger partial charge < -0.3 is 34.3 Å². The van der Waals surface area contributed by atoms with Gasteiger partial charge in [0.25, 0.3) is 10.1 Å². The Morgan fingerprint density at radius 1 is 0.614 bits per heavy atom. The Kier molecular flexibility index (Phi) is 31.1. The highest BCUT2D eigenvalue weighted by Crippen LogP contribution is 2.24. The fourth-order valence-corrected chi connectivity index (χ4v) is 6.45. The van der Waals surface area contributed by atoms with Gasteiger partial charge in [-0.3, -0.25) is 14.1 Å². The SMILES string of the molecule is CC/C=C\C/C=C\C/C=C\C/C=C\C/C=C\CCCCCC(=O)OC(COC(=O)CCCCCCC/C=C\CCC)COC1OC(CS(=O)(=O)O)C(O)C(O)C1O. The van der Waals surface area contributed by atoms with Gasteiger partial charge in [-0.05, 0) is 77.0 Å². The summed E-state index contributed by atoms with van der Waals surface area (Å²) >= 11 is 0. The molecule has 0 amide bonds. The molecule has 0 aromatic heterocycles. The van der Waals surface area contributed by atoms with E-state index < -0.39 is 71.2 Å². The highest BCUT2D eigenvalue weighted by atomic mass is 32.2. The van der Waals surface area contributed by atoms with E-state index in [0.29, 0.717) is 12.8 Å². The molecule has 1 fully saturated rings. The third-order valence-electron chi connectivity index (χ3n) is 9.00. The first-order valence-corrected chi connectivity index (χ1v) is 22.6. The smallest absolute Gasteiger partial charge is 0.306 e. The van der Waals surface area contributed by atoms with Crippen LogP contribution in [-0.2, 0) is 38.7 Å². The number of hydrogen-bond donors (Lipinski definition) is 4. The number of hydrogen-bond acceptors (Lipinski definition) is 11. The highest BCUT2D eigenvalue weighted by Gasteiger charge is 2.46. The predicted octanol–water partition coefficient (Wildman–Crippen LogP) is 7.94. The van der Waals surface area contributed by atoms with Crippen LogP contribution in [0.2, 0.25) is 0 Å². The number of aliphatic hydroxyl groups is 3.